The molecule has 0 aromatic rings. The van der Waals surface area contributed by atoms with E-state index >= 15 is 0 Å². The van der Waals surface area contributed by atoms with E-state index in [1.165, 1.54) is 19.4 Å². The SMILES string of the molecule is CCN1CCCC(NC(=O)C2NCCCC2C)C1. The Bertz CT molecular complexity index is 282. The van der Waals surface area contributed by atoms with Gasteiger partial charge >= 0.3 is 0 Å². The molecule has 1 amide bonds. The maximum Gasteiger partial charge on any atom is 0.237 e. The van der Waals surface area contributed by atoms with Gasteiger partial charge in [-0.3, -0.25) is 4.79 Å². The second kappa shape index (κ2) is 6.53. The average Bonchev–Trinajstić information content (AvgIpc) is 2.39. The fraction of sp³-hybridized carbons (Fsp3) is 0.929. The van der Waals surface area contributed by atoms with E-state index in [0.717, 1.165) is 32.5 Å². The molecule has 0 aliphatic carbocycles. The molecule has 2 rings (SSSR count). The number of piperidine rings is 2. The van der Waals surface area contributed by atoms with Crippen LogP contribution in [0.1, 0.15) is 39.5 Å². The van der Waals surface area contributed by atoms with Crippen molar-refractivity contribution in [1.82, 2.24) is 15.5 Å². The maximum absolute atomic E-state index is 12.3. The van der Waals surface area contributed by atoms with Crippen LogP contribution >= 0.6 is 0 Å². The lowest BCUT2D eigenvalue weighted by Gasteiger charge is -2.35. The van der Waals surface area contributed by atoms with E-state index < -0.39 is 0 Å². The van der Waals surface area contributed by atoms with E-state index in [-0.39, 0.29) is 11.9 Å². The Morgan fingerprint density at radius 2 is 2.22 bits per heavy atom. The van der Waals surface area contributed by atoms with Crippen molar-refractivity contribution < 1.29 is 4.79 Å². The maximum atomic E-state index is 12.3. The molecular weight excluding hydrogens is 226 g/mol. The van der Waals surface area contributed by atoms with Crippen LogP contribution in [0, 0.1) is 5.92 Å². The van der Waals surface area contributed by atoms with Crippen molar-refractivity contribution in [2.24, 2.45) is 5.92 Å². The predicted molar refractivity (Wildman–Crippen MR) is 73.5 cm³/mol. The van der Waals surface area contributed by atoms with Crippen LogP contribution in [0.5, 0.6) is 0 Å². The molecule has 2 fully saturated rings. The van der Waals surface area contributed by atoms with Crippen LogP contribution in [0.25, 0.3) is 0 Å². The molecule has 0 spiro atoms. The zero-order chi connectivity index (χ0) is 13.0. The smallest absolute Gasteiger partial charge is 0.237 e. The minimum atomic E-state index is 0.0238. The van der Waals surface area contributed by atoms with Crippen molar-refractivity contribution in [3.63, 3.8) is 0 Å². The number of hydrogen-bond acceptors (Lipinski definition) is 3. The van der Waals surface area contributed by atoms with Gasteiger partial charge in [-0.15, -0.1) is 0 Å². The molecule has 2 heterocycles. The van der Waals surface area contributed by atoms with Crippen molar-refractivity contribution in [3.05, 3.63) is 0 Å². The first kappa shape index (κ1) is 13.8. The van der Waals surface area contributed by atoms with Gasteiger partial charge in [0, 0.05) is 12.6 Å². The number of nitrogens with zero attached hydrogens (tertiary/aromatic N) is 1. The average molecular weight is 253 g/mol. The summed E-state index contributed by atoms with van der Waals surface area (Å²) in [6.45, 7) is 8.63. The summed E-state index contributed by atoms with van der Waals surface area (Å²) in [6, 6.07) is 0.373. The quantitative estimate of drug-likeness (QED) is 0.788. The topological polar surface area (TPSA) is 44.4 Å². The number of likely N-dealkylation sites (N-methyl/N-ethyl adjacent to an activating group) is 1. The van der Waals surface area contributed by atoms with Gasteiger partial charge < -0.3 is 15.5 Å². The standard InChI is InChI=1S/C14H27N3O/c1-3-17-9-5-7-12(10-17)16-14(18)13-11(2)6-4-8-15-13/h11-13,15H,3-10H2,1-2H3,(H,16,18). The van der Waals surface area contributed by atoms with Gasteiger partial charge in [-0.2, -0.15) is 0 Å². The number of carbonyl (C=O) groups is 1. The Morgan fingerprint density at radius 1 is 1.39 bits per heavy atom. The van der Waals surface area contributed by atoms with E-state index in [4.69, 9.17) is 0 Å². The van der Waals surface area contributed by atoms with Gasteiger partial charge in [0.2, 0.25) is 5.91 Å². The summed E-state index contributed by atoms with van der Waals surface area (Å²) in [4.78, 5) is 14.7. The molecule has 4 heteroatoms. The monoisotopic (exact) mass is 253 g/mol. The number of likely N-dealkylation sites (tertiary alicyclic amines) is 1. The summed E-state index contributed by atoms with van der Waals surface area (Å²) in [5.74, 6) is 0.676. The molecule has 3 atom stereocenters. The lowest BCUT2D eigenvalue weighted by Crippen LogP contribution is -2.56. The molecule has 0 saturated carbocycles. The molecule has 2 aliphatic rings. The molecule has 2 N–H and O–H groups in total. The van der Waals surface area contributed by atoms with E-state index in [2.05, 4.69) is 29.4 Å². The zero-order valence-electron chi connectivity index (χ0n) is 11.7. The molecule has 104 valence electrons. The lowest BCUT2D eigenvalue weighted by molar-refractivity contribution is -0.125. The van der Waals surface area contributed by atoms with Gasteiger partial charge in [-0.1, -0.05) is 13.8 Å². The molecule has 0 aromatic heterocycles. The lowest BCUT2D eigenvalue weighted by atomic mass is 9.91. The summed E-state index contributed by atoms with van der Waals surface area (Å²) in [6.07, 6.45) is 4.69. The minimum Gasteiger partial charge on any atom is -0.351 e. The van der Waals surface area contributed by atoms with Gasteiger partial charge in [-0.25, -0.2) is 0 Å². The molecule has 0 radical (unpaired) electrons. The Labute approximate surface area is 110 Å². The highest BCUT2D eigenvalue weighted by molar-refractivity contribution is 5.82. The summed E-state index contributed by atoms with van der Waals surface area (Å²) < 4.78 is 0. The highest BCUT2D eigenvalue weighted by Gasteiger charge is 2.29. The van der Waals surface area contributed by atoms with Crippen LogP contribution in [-0.2, 0) is 4.79 Å². The van der Waals surface area contributed by atoms with Gasteiger partial charge in [0.1, 0.15) is 0 Å². The van der Waals surface area contributed by atoms with E-state index in [9.17, 15) is 4.79 Å². The van der Waals surface area contributed by atoms with E-state index in [1.807, 2.05) is 0 Å². The van der Waals surface area contributed by atoms with Crippen LogP contribution in [0.3, 0.4) is 0 Å². The number of hydrogen-bond donors (Lipinski definition) is 2. The summed E-state index contributed by atoms with van der Waals surface area (Å²) in [5, 5.41) is 6.60. The first-order chi connectivity index (χ1) is 8.70. The van der Waals surface area contributed by atoms with Gasteiger partial charge in [-0.05, 0) is 51.2 Å². The molecule has 4 nitrogen and oxygen atoms in total. The van der Waals surface area contributed by atoms with Crippen molar-refractivity contribution in [3.8, 4) is 0 Å². The number of nitrogens with one attached hydrogen (secondary N) is 2. The zero-order valence-corrected chi connectivity index (χ0v) is 11.7. The van der Waals surface area contributed by atoms with Gasteiger partial charge in [0.25, 0.3) is 0 Å². The molecule has 3 unspecified atom stereocenters. The first-order valence-electron chi connectivity index (χ1n) is 7.46. The molecule has 0 aromatic carbocycles. The summed E-state index contributed by atoms with van der Waals surface area (Å²) >= 11 is 0. The summed E-state index contributed by atoms with van der Waals surface area (Å²) in [7, 11) is 0. The molecule has 18 heavy (non-hydrogen) atoms. The van der Waals surface area contributed by atoms with Crippen LogP contribution < -0.4 is 10.6 Å². The number of carbonyl (C=O) groups excluding carboxylic acids is 1. The Morgan fingerprint density at radius 3 is 2.94 bits per heavy atom. The highest BCUT2D eigenvalue weighted by Crippen LogP contribution is 2.16. The third-order valence-corrected chi connectivity index (χ3v) is 4.35. The van der Waals surface area contributed by atoms with Crippen molar-refractivity contribution >= 4 is 5.91 Å². The summed E-state index contributed by atoms with van der Waals surface area (Å²) in [5.41, 5.74) is 0. The third-order valence-electron chi connectivity index (χ3n) is 4.35. The third kappa shape index (κ3) is 3.45. The molecule has 2 aliphatic heterocycles. The second-order valence-electron chi connectivity index (χ2n) is 5.79. The van der Waals surface area contributed by atoms with Crippen molar-refractivity contribution in [2.45, 2.75) is 51.6 Å². The Kier molecular flexibility index (Phi) is 5.01. The Hall–Kier alpha value is -0.610. The Balaban J connectivity index is 1.82. The second-order valence-corrected chi connectivity index (χ2v) is 5.79. The van der Waals surface area contributed by atoms with Crippen molar-refractivity contribution in [2.75, 3.05) is 26.2 Å². The fourth-order valence-electron chi connectivity index (χ4n) is 3.15. The normalized spacial score (nSPS) is 34.2. The largest absolute Gasteiger partial charge is 0.351 e. The van der Waals surface area contributed by atoms with E-state index in [1.54, 1.807) is 0 Å². The molecular formula is C14H27N3O. The highest BCUT2D eigenvalue weighted by atomic mass is 16.2. The van der Waals surface area contributed by atoms with Crippen LogP contribution in [0.2, 0.25) is 0 Å². The first-order valence-corrected chi connectivity index (χ1v) is 7.46. The van der Waals surface area contributed by atoms with Gasteiger partial charge in [0.05, 0.1) is 6.04 Å². The number of rotatable bonds is 3. The van der Waals surface area contributed by atoms with Gasteiger partial charge in [0.15, 0.2) is 0 Å². The minimum absolute atomic E-state index is 0.0238. The molecule has 2 saturated heterocycles. The molecule has 0 bridgehead atoms. The van der Waals surface area contributed by atoms with Crippen LogP contribution in [0.15, 0.2) is 0 Å². The fourth-order valence-corrected chi connectivity index (χ4v) is 3.15. The van der Waals surface area contributed by atoms with Crippen LogP contribution in [-0.4, -0.2) is 49.1 Å². The predicted octanol–water partition coefficient (Wildman–Crippen LogP) is 0.975. The van der Waals surface area contributed by atoms with Crippen LogP contribution in [0.4, 0.5) is 0 Å². The van der Waals surface area contributed by atoms with E-state index in [0.29, 0.717) is 12.0 Å². The van der Waals surface area contributed by atoms with Crippen molar-refractivity contribution in [1.29, 1.82) is 0 Å². The number of amides is 1.